The van der Waals surface area contributed by atoms with Crippen LogP contribution in [0.5, 0.6) is 0 Å². The highest BCUT2D eigenvalue weighted by Gasteiger charge is 2.20. The first-order valence-electron chi connectivity index (χ1n) is 13.7. The summed E-state index contributed by atoms with van der Waals surface area (Å²) in [6.07, 6.45) is 1.04. The second kappa shape index (κ2) is 17.1. The van der Waals surface area contributed by atoms with E-state index in [1.165, 1.54) is 24.3 Å². The van der Waals surface area contributed by atoms with Crippen molar-refractivity contribution in [3.8, 4) is 0 Å². The summed E-state index contributed by atoms with van der Waals surface area (Å²) in [7, 11) is 0. The molecule has 0 spiro atoms. The molecule has 1 fully saturated rings. The molecule has 1 unspecified atom stereocenters. The molecule has 1 saturated heterocycles. The molecular formula is C32H36F2N2O6. The smallest absolute Gasteiger partial charge is 0.328 e. The number of hydrogen-bond donors (Lipinski definition) is 3. The Morgan fingerprint density at radius 2 is 1.17 bits per heavy atom. The molecular weight excluding hydrogens is 546 g/mol. The molecule has 0 radical (unpaired) electrons. The van der Waals surface area contributed by atoms with E-state index in [0.29, 0.717) is 18.8 Å². The number of halogens is 2. The molecule has 0 aliphatic carbocycles. The molecule has 10 heteroatoms. The number of benzene rings is 3. The molecule has 1 heterocycles. The van der Waals surface area contributed by atoms with Crippen molar-refractivity contribution in [2.45, 2.75) is 18.6 Å². The van der Waals surface area contributed by atoms with Crippen LogP contribution in [-0.2, 0) is 14.3 Å². The third-order valence-corrected chi connectivity index (χ3v) is 6.77. The number of carboxylic acids is 2. The van der Waals surface area contributed by atoms with Gasteiger partial charge in [0, 0.05) is 51.4 Å². The summed E-state index contributed by atoms with van der Waals surface area (Å²) in [5, 5.41) is 26.0. The maximum atomic E-state index is 13.4. The van der Waals surface area contributed by atoms with E-state index in [0.717, 1.165) is 62.4 Å². The summed E-state index contributed by atoms with van der Waals surface area (Å²) in [5.41, 5.74) is 2.65. The van der Waals surface area contributed by atoms with Gasteiger partial charge in [0.15, 0.2) is 0 Å². The van der Waals surface area contributed by atoms with Gasteiger partial charge < -0.3 is 25.0 Å². The van der Waals surface area contributed by atoms with Crippen LogP contribution in [0.3, 0.4) is 0 Å². The summed E-state index contributed by atoms with van der Waals surface area (Å²) < 4.78 is 33.0. The number of nitrogens with zero attached hydrogens (tertiary/aromatic N) is 2. The lowest BCUT2D eigenvalue weighted by molar-refractivity contribution is -0.134. The molecule has 224 valence electrons. The predicted molar refractivity (Wildman–Crippen MR) is 154 cm³/mol. The van der Waals surface area contributed by atoms with Gasteiger partial charge in [0.05, 0.1) is 12.7 Å². The maximum absolute atomic E-state index is 13.4. The van der Waals surface area contributed by atoms with Crippen molar-refractivity contribution < 1.29 is 38.4 Å². The number of aliphatic hydroxyl groups excluding tert-OH is 1. The largest absolute Gasteiger partial charge is 0.478 e. The van der Waals surface area contributed by atoms with E-state index in [2.05, 4.69) is 9.80 Å². The van der Waals surface area contributed by atoms with Crippen LogP contribution in [-0.4, -0.2) is 82.9 Å². The first-order chi connectivity index (χ1) is 20.2. The number of ether oxygens (including phenoxy) is 1. The monoisotopic (exact) mass is 582 g/mol. The minimum absolute atomic E-state index is 0.296. The first-order valence-corrected chi connectivity index (χ1v) is 13.7. The molecule has 0 bridgehead atoms. The lowest BCUT2D eigenvalue weighted by Crippen LogP contribution is -2.47. The van der Waals surface area contributed by atoms with Crippen molar-refractivity contribution in [1.82, 2.24) is 9.80 Å². The molecule has 0 aromatic heterocycles. The summed E-state index contributed by atoms with van der Waals surface area (Å²) in [4.78, 5) is 23.9. The van der Waals surface area contributed by atoms with Gasteiger partial charge in [-0.15, -0.1) is 0 Å². The maximum Gasteiger partial charge on any atom is 0.328 e. The van der Waals surface area contributed by atoms with Crippen LogP contribution in [0.1, 0.15) is 35.3 Å². The van der Waals surface area contributed by atoms with Crippen LogP contribution in [0.4, 0.5) is 8.78 Å². The Labute approximate surface area is 244 Å². The second-order valence-electron chi connectivity index (χ2n) is 9.76. The fraction of sp³-hybridized carbons (Fsp3) is 0.312. The molecule has 3 aromatic carbocycles. The molecule has 1 aliphatic rings. The van der Waals surface area contributed by atoms with Gasteiger partial charge in [-0.3, -0.25) is 4.90 Å². The van der Waals surface area contributed by atoms with E-state index in [4.69, 9.17) is 14.9 Å². The minimum atomic E-state index is -1.26. The van der Waals surface area contributed by atoms with Crippen LogP contribution >= 0.6 is 0 Å². The van der Waals surface area contributed by atoms with Gasteiger partial charge in [0.1, 0.15) is 17.7 Å². The van der Waals surface area contributed by atoms with Gasteiger partial charge in [0.25, 0.3) is 0 Å². The summed E-state index contributed by atoms with van der Waals surface area (Å²) in [6, 6.07) is 22.3. The number of aliphatic hydroxyl groups is 1. The van der Waals surface area contributed by atoms with Crippen molar-refractivity contribution in [1.29, 1.82) is 0 Å². The van der Waals surface area contributed by atoms with Crippen molar-refractivity contribution in [2.24, 2.45) is 0 Å². The number of aliphatic carboxylic acids is 2. The Hall–Kier alpha value is -3.96. The third-order valence-electron chi connectivity index (χ3n) is 6.77. The lowest BCUT2D eigenvalue weighted by atomic mass is 10.0. The molecule has 0 amide bonds. The van der Waals surface area contributed by atoms with E-state index in [1.54, 1.807) is 24.3 Å². The Bertz CT molecular complexity index is 1200. The molecule has 3 aromatic rings. The van der Waals surface area contributed by atoms with Crippen LogP contribution in [0, 0.1) is 11.6 Å². The van der Waals surface area contributed by atoms with E-state index >= 15 is 0 Å². The Morgan fingerprint density at radius 1 is 0.714 bits per heavy atom. The average molecular weight is 583 g/mol. The highest BCUT2D eigenvalue weighted by molar-refractivity contribution is 5.89. The van der Waals surface area contributed by atoms with Gasteiger partial charge in [-0.25, -0.2) is 18.4 Å². The van der Waals surface area contributed by atoms with Gasteiger partial charge in [-0.1, -0.05) is 54.6 Å². The van der Waals surface area contributed by atoms with Crippen LogP contribution in [0.15, 0.2) is 91.0 Å². The van der Waals surface area contributed by atoms with Gasteiger partial charge in [-0.2, -0.15) is 0 Å². The highest BCUT2D eigenvalue weighted by atomic mass is 19.1. The van der Waals surface area contributed by atoms with Crippen molar-refractivity contribution in [2.75, 3.05) is 45.9 Å². The average Bonchev–Trinajstić information content (AvgIpc) is 3.00. The van der Waals surface area contributed by atoms with Crippen molar-refractivity contribution >= 4 is 11.9 Å². The molecule has 1 aliphatic heterocycles. The summed E-state index contributed by atoms with van der Waals surface area (Å²) in [6.45, 7) is 6.00. The number of carbonyl (C=O) groups is 2. The Kier molecular flexibility index (Phi) is 13.3. The van der Waals surface area contributed by atoms with E-state index in [-0.39, 0.29) is 17.7 Å². The van der Waals surface area contributed by atoms with E-state index < -0.39 is 18.0 Å². The van der Waals surface area contributed by atoms with E-state index in [1.807, 2.05) is 30.3 Å². The van der Waals surface area contributed by atoms with Crippen molar-refractivity contribution in [3.05, 3.63) is 119 Å². The minimum Gasteiger partial charge on any atom is -0.478 e. The zero-order valence-corrected chi connectivity index (χ0v) is 23.2. The quantitative estimate of drug-likeness (QED) is 0.268. The molecule has 4 rings (SSSR count). The third kappa shape index (κ3) is 11.5. The zero-order chi connectivity index (χ0) is 30.3. The molecule has 8 nitrogen and oxygen atoms in total. The molecule has 0 saturated carbocycles. The lowest BCUT2D eigenvalue weighted by Gasteiger charge is -2.35. The van der Waals surface area contributed by atoms with Gasteiger partial charge in [0.2, 0.25) is 0 Å². The normalized spacial score (nSPS) is 14.9. The van der Waals surface area contributed by atoms with Crippen molar-refractivity contribution in [3.63, 3.8) is 0 Å². The Morgan fingerprint density at radius 3 is 1.62 bits per heavy atom. The molecule has 1 atom stereocenters. The Balaban J connectivity index is 0.000000531. The zero-order valence-electron chi connectivity index (χ0n) is 23.2. The van der Waals surface area contributed by atoms with Gasteiger partial charge in [-0.05, 0) is 47.4 Å². The topological polar surface area (TPSA) is 111 Å². The van der Waals surface area contributed by atoms with Crippen LogP contribution in [0.25, 0.3) is 0 Å². The molecule has 3 N–H and O–H groups in total. The summed E-state index contributed by atoms with van der Waals surface area (Å²) in [5.74, 6) is -3.11. The van der Waals surface area contributed by atoms with Gasteiger partial charge >= 0.3 is 11.9 Å². The number of rotatable bonds is 12. The standard InChI is InChI=1S/C28H32F2N2O2.C4H4O4/c29-25-10-6-23(7-11-25)28(24-8-12-26(30)13-9-24)34-21-20-32-18-16-31(17-19-32)15-14-27(33)22-4-2-1-3-5-22;5-3(6)1-2-4(7)8/h1-13,27-28,33H,14-21H2;1-2H,(H,5,6)(H,7,8)/b;2-1+. The number of carboxylic acid groups (broad SMARTS) is 2. The number of hydrogen-bond acceptors (Lipinski definition) is 6. The van der Waals surface area contributed by atoms with Crippen LogP contribution in [0.2, 0.25) is 0 Å². The SMILES string of the molecule is O=C(O)/C=C/C(=O)O.OC(CCN1CCN(CCOC(c2ccc(F)cc2)c2ccc(F)cc2)CC1)c1ccccc1. The fourth-order valence-electron chi connectivity index (χ4n) is 4.49. The van der Waals surface area contributed by atoms with E-state index in [9.17, 15) is 23.5 Å². The fourth-order valence-corrected chi connectivity index (χ4v) is 4.49. The van der Waals surface area contributed by atoms with Crippen LogP contribution < -0.4 is 0 Å². The molecule has 42 heavy (non-hydrogen) atoms. The number of piperazine rings is 1. The highest BCUT2D eigenvalue weighted by Crippen LogP contribution is 2.26. The predicted octanol–water partition coefficient (Wildman–Crippen LogP) is 4.52. The second-order valence-corrected chi connectivity index (χ2v) is 9.76. The summed E-state index contributed by atoms with van der Waals surface area (Å²) >= 11 is 0. The first kappa shape index (κ1) is 32.6.